The molecule has 0 atom stereocenters. The fraction of sp³-hybridized carbons (Fsp3) is 0.143. The first kappa shape index (κ1) is 41.6. The van der Waals surface area contributed by atoms with Gasteiger partial charge in [0.25, 0.3) is 11.5 Å². The first-order valence-corrected chi connectivity index (χ1v) is 20.0. The van der Waals surface area contributed by atoms with Crippen LogP contribution in [0.3, 0.4) is 0 Å². The zero-order valence-electron chi connectivity index (χ0n) is 31.5. The van der Waals surface area contributed by atoms with E-state index < -0.39 is 80.7 Å². The predicted molar refractivity (Wildman–Crippen MR) is 217 cm³/mol. The van der Waals surface area contributed by atoms with Gasteiger partial charge in [-0.25, -0.2) is 26.4 Å². The normalized spacial score (nSPS) is 11.0. The van der Waals surface area contributed by atoms with E-state index in [-0.39, 0.29) is 36.1 Å². The molecule has 6 rings (SSSR count). The smallest absolute Gasteiger partial charge is 0.386 e. The van der Waals surface area contributed by atoms with E-state index in [9.17, 15) is 36.0 Å². The quantitative estimate of drug-likeness (QED) is 0.0712. The number of carbonyl (C=O) groups is 2. The van der Waals surface area contributed by atoms with Gasteiger partial charge in [0.15, 0.2) is 0 Å². The molecule has 0 aliphatic rings. The van der Waals surface area contributed by atoms with Crippen LogP contribution in [0.5, 0.6) is 11.5 Å². The number of anilines is 2. The lowest BCUT2D eigenvalue weighted by Crippen LogP contribution is -2.25. The average molecular weight is 841 g/mol. The molecular weight excluding hydrogens is 805 g/mol. The maximum absolute atomic E-state index is 13.9. The second-order valence-electron chi connectivity index (χ2n) is 13.0. The molecule has 6 aromatic rings. The molecule has 4 aromatic carbocycles. The molecular formula is C42H36N2O13S2. The van der Waals surface area contributed by atoms with Crippen LogP contribution in [0.2, 0.25) is 0 Å². The summed E-state index contributed by atoms with van der Waals surface area (Å²) in [5.74, 6) is -6.90. The first-order chi connectivity index (χ1) is 28.4. The summed E-state index contributed by atoms with van der Waals surface area (Å²) in [7, 11) is -6.57. The summed E-state index contributed by atoms with van der Waals surface area (Å²) < 4.78 is 79.3. The molecule has 0 amide bonds. The maximum atomic E-state index is 13.9. The summed E-state index contributed by atoms with van der Waals surface area (Å²) in [6.07, 6.45) is 0. The number of esters is 2. The molecule has 304 valence electrons. The molecule has 59 heavy (non-hydrogen) atoms. The number of hydrogen-bond acceptors (Lipinski definition) is 13. The Kier molecular flexibility index (Phi) is 13.4. The highest BCUT2D eigenvalue weighted by Gasteiger charge is 2.31. The number of hydrogen-bond donors (Lipinski definition) is 2. The average Bonchev–Trinajstić information content (AvgIpc) is 3.22. The van der Waals surface area contributed by atoms with Crippen LogP contribution in [0.15, 0.2) is 140 Å². The van der Waals surface area contributed by atoms with Crippen LogP contribution in [0.25, 0.3) is 0 Å². The third-order valence-corrected chi connectivity index (χ3v) is 10.1. The van der Waals surface area contributed by atoms with Gasteiger partial charge in [-0.3, -0.25) is 18.2 Å². The second kappa shape index (κ2) is 19.0. The van der Waals surface area contributed by atoms with Gasteiger partial charge < -0.3 is 23.0 Å². The summed E-state index contributed by atoms with van der Waals surface area (Å²) in [6, 6.07) is 31.9. The topological polar surface area (TPSA) is 197 Å². The lowest BCUT2D eigenvalue weighted by Gasteiger charge is -2.18. The molecule has 0 unspecified atom stereocenters. The number of thiol groups is 2. The van der Waals surface area contributed by atoms with Gasteiger partial charge in [0.05, 0.1) is 24.5 Å². The molecule has 0 aliphatic carbocycles. The summed E-state index contributed by atoms with van der Waals surface area (Å²) >= 11 is 0. The van der Waals surface area contributed by atoms with Crippen LogP contribution in [0.4, 0.5) is 11.4 Å². The first-order valence-electron chi connectivity index (χ1n) is 17.8. The van der Waals surface area contributed by atoms with Crippen molar-refractivity contribution >= 4 is 45.1 Å². The van der Waals surface area contributed by atoms with Crippen molar-refractivity contribution in [2.75, 3.05) is 8.61 Å². The van der Waals surface area contributed by atoms with Gasteiger partial charge in [-0.05, 0) is 49.2 Å². The zero-order valence-corrected chi connectivity index (χ0v) is 33.3. The summed E-state index contributed by atoms with van der Waals surface area (Å²) in [5.41, 5.74) is 1.56. The largest absolute Gasteiger partial charge is 0.481 e. The third-order valence-electron chi connectivity index (χ3n) is 8.59. The summed E-state index contributed by atoms with van der Waals surface area (Å²) in [6.45, 7) is 2.08. The summed E-state index contributed by atoms with van der Waals surface area (Å²) in [4.78, 5) is 54.9. The van der Waals surface area contributed by atoms with E-state index in [1.165, 1.54) is 0 Å². The molecule has 0 aliphatic heterocycles. The fourth-order valence-electron chi connectivity index (χ4n) is 5.61. The van der Waals surface area contributed by atoms with Crippen molar-refractivity contribution in [3.05, 3.63) is 187 Å². The van der Waals surface area contributed by atoms with Crippen molar-refractivity contribution in [2.45, 2.75) is 40.2 Å². The van der Waals surface area contributed by atoms with Crippen molar-refractivity contribution in [3.63, 3.8) is 0 Å². The van der Waals surface area contributed by atoms with E-state index in [2.05, 4.69) is 0 Å². The van der Waals surface area contributed by atoms with Crippen LogP contribution in [0, 0.1) is 13.8 Å². The van der Waals surface area contributed by atoms with E-state index in [1.54, 1.807) is 109 Å². The van der Waals surface area contributed by atoms with Crippen LogP contribution < -0.4 is 28.9 Å². The molecule has 2 heterocycles. The number of ether oxygens (including phenoxy) is 3. The summed E-state index contributed by atoms with van der Waals surface area (Å²) in [5, 5.41) is 0. The number of benzene rings is 4. The van der Waals surface area contributed by atoms with Crippen molar-refractivity contribution in [3.8, 4) is 11.5 Å². The Bertz CT molecular complexity index is 2520. The SMILES string of the molecule is Cc1ccc(N(Cc2cc(=O)c(OCc3ccccc3)c(C(=O)OC(=O)c3oc(CN(c4ccc(C)cc4)[SH](=O)=O)cc(=O)c3OCc3ccccc3)o2)[SH](=O)=O)cc1. The third kappa shape index (κ3) is 10.7. The molecule has 0 saturated heterocycles. The Morgan fingerprint density at radius 1 is 0.542 bits per heavy atom. The van der Waals surface area contributed by atoms with Crippen molar-refractivity contribution in [1.82, 2.24) is 0 Å². The molecule has 17 heteroatoms. The maximum Gasteiger partial charge on any atom is 0.386 e. The van der Waals surface area contributed by atoms with Gasteiger partial charge in [0.1, 0.15) is 24.7 Å². The molecule has 0 fully saturated rings. The molecule has 0 bridgehead atoms. The standard InChI is InChI=1S/C42H36N2O13S2/c1-27-13-17-31(18-14-27)43(58(49)50)23-33-21-35(45)37(53-25-29-9-5-3-6-10-29)39(55-33)41(47)57-42(48)40-38(54-26-30-11-7-4-8-12-30)36(46)22-34(56-40)24-44(59(51)52)32-19-15-28(2)16-20-32/h3-22,58-59H,23-26H2,1-2H3. The molecule has 0 radical (unpaired) electrons. The minimum Gasteiger partial charge on any atom is -0.481 e. The lowest BCUT2D eigenvalue weighted by atomic mass is 10.2. The minimum absolute atomic E-state index is 0.227. The predicted octanol–water partition coefficient (Wildman–Crippen LogP) is 5.43. The van der Waals surface area contributed by atoms with E-state index in [1.807, 2.05) is 13.8 Å². The van der Waals surface area contributed by atoms with E-state index in [4.69, 9.17) is 23.0 Å². The Labute approximate surface area is 340 Å². The second-order valence-corrected chi connectivity index (χ2v) is 14.9. The number of rotatable bonds is 16. The number of aryl methyl sites for hydroxylation is 2. The van der Waals surface area contributed by atoms with Crippen LogP contribution in [0.1, 0.15) is 54.9 Å². The van der Waals surface area contributed by atoms with Crippen LogP contribution >= 0.6 is 0 Å². The molecule has 0 N–H and O–H groups in total. The van der Waals surface area contributed by atoms with Crippen molar-refractivity contribution in [2.24, 2.45) is 0 Å². The Morgan fingerprint density at radius 2 is 0.898 bits per heavy atom. The molecule has 0 spiro atoms. The molecule has 15 nitrogen and oxygen atoms in total. The van der Waals surface area contributed by atoms with Gasteiger partial charge in [-0.15, -0.1) is 0 Å². The zero-order chi connectivity index (χ0) is 42.1. The van der Waals surface area contributed by atoms with Gasteiger partial charge in [0, 0.05) is 12.1 Å². The Hall–Kier alpha value is -6.98. The van der Waals surface area contributed by atoms with Crippen LogP contribution in [-0.2, 0) is 52.8 Å². The number of carbonyl (C=O) groups excluding carboxylic acids is 2. The Morgan fingerprint density at radius 3 is 1.24 bits per heavy atom. The van der Waals surface area contributed by atoms with Crippen molar-refractivity contribution in [1.29, 1.82) is 0 Å². The fourth-order valence-corrected chi connectivity index (χ4v) is 6.76. The van der Waals surface area contributed by atoms with E-state index in [0.717, 1.165) is 31.9 Å². The van der Waals surface area contributed by atoms with Gasteiger partial charge in [-0.1, -0.05) is 96.1 Å². The highest BCUT2D eigenvalue weighted by atomic mass is 32.2. The van der Waals surface area contributed by atoms with Gasteiger partial charge in [-0.2, -0.15) is 0 Å². The highest BCUT2D eigenvalue weighted by Crippen LogP contribution is 2.26. The van der Waals surface area contributed by atoms with E-state index in [0.29, 0.717) is 11.1 Å². The molecule has 0 saturated carbocycles. The highest BCUT2D eigenvalue weighted by molar-refractivity contribution is 7.74. The van der Waals surface area contributed by atoms with Gasteiger partial charge in [0.2, 0.25) is 44.1 Å². The van der Waals surface area contributed by atoms with Gasteiger partial charge >= 0.3 is 11.9 Å². The van der Waals surface area contributed by atoms with Crippen LogP contribution in [-0.4, -0.2) is 28.8 Å². The van der Waals surface area contributed by atoms with Crippen molar-refractivity contribution < 1.29 is 49.5 Å². The Balaban J connectivity index is 1.37. The lowest BCUT2D eigenvalue weighted by molar-refractivity contribution is 0.0337. The molecule has 2 aromatic heterocycles. The minimum atomic E-state index is -3.28. The number of nitrogens with zero attached hydrogens (tertiary/aromatic N) is 2. The van der Waals surface area contributed by atoms with E-state index >= 15 is 0 Å². The monoisotopic (exact) mass is 840 g/mol.